The van der Waals surface area contributed by atoms with Crippen LogP contribution >= 0.6 is 0 Å². The van der Waals surface area contributed by atoms with Gasteiger partial charge in [-0.05, 0) is 37.1 Å². The molecule has 0 radical (unpaired) electrons. The van der Waals surface area contributed by atoms with Gasteiger partial charge in [0.05, 0.1) is 11.2 Å². The summed E-state index contributed by atoms with van der Waals surface area (Å²) in [5.41, 5.74) is 2.90. The fourth-order valence-electron chi connectivity index (χ4n) is 1.86. The van der Waals surface area contributed by atoms with Crippen LogP contribution in [-0.2, 0) is 4.79 Å². The number of anilines is 1. The molecule has 1 N–H and O–H groups in total. The topological polar surface area (TPSA) is 42.0 Å². The lowest BCUT2D eigenvalue weighted by Gasteiger charge is -2.12. The summed E-state index contributed by atoms with van der Waals surface area (Å²) >= 11 is 0. The summed E-state index contributed by atoms with van der Waals surface area (Å²) in [7, 11) is 0. The predicted octanol–water partition coefficient (Wildman–Crippen LogP) is 3.53. The number of rotatable bonds is 3. The molecule has 0 spiro atoms. The van der Waals surface area contributed by atoms with Gasteiger partial charge in [0.25, 0.3) is 0 Å². The van der Waals surface area contributed by atoms with Gasteiger partial charge in [-0.1, -0.05) is 19.9 Å². The molecule has 0 aliphatic rings. The molecule has 94 valence electrons. The van der Waals surface area contributed by atoms with Gasteiger partial charge >= 0.3 is 0 Å². The Morgan fingerprint density at radius 3 is 2.89 bits per heavy atom. The summed E-state index contributed by atoms with van der Waals surface area (Å²) in [5, 5.41) is 3.98. The average Bonchev–Trinajstić information content (AvgIpc) is 2.41. The van der Waals surface area contributed by atoms with Gasteiger partial charge in [-0.3, -0.25) is 9.78 Å². The zero-order valence-electron chi connectivity index (χ0n) is 11.0. The average molecular weight is 242 g/mol. The highest BCUT2D eigenvalue weighted by Crippen LogP contribution is 2.25. The molecule has 0 fully saturated rings. The van der Waals surface area contributed by atoms with Crippen LogP contribution in [0.25, 0.3) is 10.9 Å². The standard InChI is InChI=1S/C15H18N2O/c1-4-10(2)15(18)17-13-8-7-11(3)14-12(13)6-5-9-16-14/h5-10H,4H2,1-3H3,(H,17,18). The summed E-state index contributed by atoms with van der Waals surface area (Å²) in [6.07, 6.45) is 2.61. The maximum absolute atomic E-state index is 11.9. The molecule has 1 atom stereocenters. The molecule has 1 heterocycles. The number of amides is 1. The summed E-state index contributed by atoms with van der Waals surface area (Å²) in [4.78, 5) is 16.3. The van der Waals surface area contributed by atoms with Crippen molar-refractivity contribution in [2.45, 2.75) is 27.2 Å². The van der Waals surface area contributed by atoms with Crippen LogP contribution in [0.3, 0.4) is 0 Å². The molecule has 0 saturated heterocycles. The number of hydrogen-bond donors (Lipinski definition) is 1. The molecule has 2 rings (SSSR count). The number of aryl methyl sites for hydroxylation is 1. The number of benzene rings is 1. The largest absolute Gasteiger partial charge is 0.325 e. The van der Waals surface area contributed by atoms with Gasteiger partial charge in [-0.25, -0.2) is 0 Å². The van der Waals surface area contributed by atoms with E-state index in [4.69, 9.17) is 0 Å². The Morgan fingerprint density at radius 1 is 1.39 bits per heavy atom. The quantitative estimate of drug-likeness (QED) is 0.894. The number of fused-ring (bicyclic) bond motifs is 1. The molecule has 1 aromatic heterocycles. The van der Waals surface area contributed by atoms with Crippen molar-refractivity contribution in [1.82, 2.24) is 4.98 Å². The minimum Gasteiger partial charge on any atom is -0.325 e. The van der Waals surface area contributed by atoms with E-state index in [0.29, 0.717) is 0 Å². The third-order valence-corrected chi connectivity index (χ3v) is 3.29. The van der Waals surface area contributed by atoms with Crippen molar-refractivity contribution in [2.24, 2.45) is 5.92 Å². The SMILES string of the molecule is CCC(C)C(=O)Nc1ccc(C)c2ncccc12. The zero-order valence-corrected chi connectivity index (χ0v) is 11.0. The Bertz CT molecular complexity index is 578. The number of aromatic nitrogens is 1. The van der Waals surface area contributed by atoms with Crippen LogP contribution in [-0.4, -0.2) is 10.9 Å². The van der Waals surface area contributed by atoms with Crippen LogP contribution < -0.4 is 5.32 Å². The molecule has 0 saturated carbocycles. The lowest BCUT2D eigenvalue weighted by molar-refractivity contribution is -0.119. The van der Waals surface area contributed by atoms with Gasteiger partial charge in [0.1, 0.15) is 0 Å². The number of hydrogen-bond acceptors (Lipinski definition) is 2. The molecule has 1 aromatic carbocycles. The minimum atomic E-state index is 0.0259. The highest BCUT2D eigenvalue weighted by atomic mass is 16.1. The first-order valence-corrected chi connectivity index (χ1v) is 6.28. The minimum absolute atomic E-state index is 0.0259. The van der Waals surface area contributed by atoms with Crippen molar-refractivity contribution >= 4 is 22.5 Å². The molecule has 0 aliphatic carbocycles. The van der Waals surface area contributed by atoms with Crippen LogP contribution in [0.5, 0.6) is 0 Å². The third kappa shape index (κ3) is 2.35. The lowest BCUT2D eigenvalue weighted by Crippen LogP contribution is -2.19. The highest BCUT2D eigenvalue weighted by molar-refractivity contribution is 6.02. The van der Waals surface area contributed by atoms with Crippen LogP contribution in [0.4, 0.5) is 5.69 Å². The van der Waals surface area contributed by atoms with E-state index in [1.165, 1.54) is 0 Å². The fourth-order valence-corrected chi connectivity index (χ4v) is 1.86. The molecule has 18 heavy (non-hydrogen) atoms. The molecule has 0 bridgehead atoms. The van der Waals surface area contributed by atoms with Crippen LogP contribution in [0, 0.1) is 12.8 Å². The van der Waals surface area contributed by atoms with E-state index in [0.717, 1.165) is 28.6 Å². The second-order valence-electron chi connectivity index (χ2n) is 4.63. The molecule has 3 heteroatoms. The first-order valence-electron chi connectivity index (χ1n) is 6.28. The van der Waals surface area contributed by atoms with Crippen molar-refractivity contribution in [3.63, 3.8) is 0 Å². The van der Waals surface area contributed by atoms with E-state index in [2.05, 4.69) is 10.3 Å². The van der Waals surface area contributed by atoms with Crippen molar-refractivity contribution in [3.05, 3.63) is 36.0 Å². The van der Waals surface area contributed by atoms with Gasteiger partial charge < -0.3 is 5.32 Å². The van der Waals surface area contributed by atoms with Crippen LogP contribution in [0.15, 0.2) is 30.5 Å². The Kier molecular flexibility index (Phi) is 3.60. The van der Waals surface area contributed by atoms with Crippen molar-refractivity contribution in [3.8, 4) is 0 Å². The van der Waals surface area contributed by atoms with E-state index in [1.54, 1.807) is 6.20 Å². The number of pyridine rings is 1. The number of carbonyl (C=O) groups excluding carboxylic acids is 1. The number of carbonyl (C=O) groups is 1. The second kappa shape index (κ2) is 5.17. The number of nitrogens with zero attached hydrogens (tertiary/aromatic N) is 1. The maximum atomic E-state index is 11.9. The lowest BCUT2D eigenvalue weighted by atomic mass is 10.1. The first-order chi connectivity index (χ1) is 8.63. The van der Waals surface area contributed by atoms with E-state index in [1.807, 2.05) is 45.0 Å². The molecular formula is C15H18N2O. The Labute approximate surface area is 107 Å². The summed E-state index contributed by atoms with van der Waals surface area (Å²) < 4.78 is 0. The van der Waals surface area contributed by atoms with Crippen molar-refractivity contribution < 1.29 is 4.79 Å². The van der Waals surface area contributed by atoms with Crippen LogP contribution in [0.2, 0.25) is 0 Å². The Balaban J connectivity index is 2.40. The molecular weight excluding hydrogens is 224 g/mol. The maximum Gasteiger partial charge on any atom is 0.227 e. The molecule has 1 amide bonds. The first kappa shape index (κ1) is 12.6. The normalized spacial score (nSPS) is 12.4. The van der Waals surface area contributed by atoms with Crippen molar-refractivity contribution in [1.29, 1.82) is 0 Å². The van der Waals surface area contributed by atoms with E-state index >= 15 is 0 Å². The van der Waals surface area contributed by atoms with Gasteiger partial charge in [0.15, 0.2) is 0 Å². The van der Waals surface area contributed by atoms with E-state index in [9.17, 15) is 4.79 Å². The summed E-state index contributed by atoms with van der Waals surface area (Å²) in [5.74, 6) is 0.0875. The Morgan fingerprint density at radius 2 is 2.17 bits per heavy atom. The predicted molar refractivity (Wildman–Crippen MR) is 74.6 cm³/mol. The monoisotopic (exact) mass is 242 g/mol. The fraction of sp³-hybridized carbons (Fsp3) is 0.333. The summed E-state index contributed by atoms with van der Waals surface area (Å²) in [6.45, 7) is 5.97. The van der Waals surface area contributed by atoms with Crippen LogP contribution in [0.1, 0.15) is 25.8 Å². The van der Waals surface area contributed by atoms with Gasteiger partial charge in [-0.2, -0.15) is 0 Å². The second-order valence-corrected chi connectivity index (χ2v) is 4.63. The molecule has 0 aliphatic heterocycles. The number of nitrogens with one attached hydrogen (secondary N) is 1. The molecule has 3 nitrogen and oxygen atoms in total. The third-order valence-electron chi connectivity index (χ3n) is 3.29. The summed E-state index contributed by atoms with van der Waals surface area (Å²) in [6, 6.07) is 7.81. The van der Waals surface area contributed by atoms with E-state index < -0.39 is 0 Å². The molecule has 2 aromatic rings. The van der Waals surface area contributed by atoms with Gasteiger partial charge in [0, 0.05) is 17.5 Å². The Hall–Kier alpha value is -1.90. The van der Waals surface area contributed by atoms with Gasteiger partial charge in [-0.15, -0.1) is 0 Å². The molecule has 1 unspecified atom stereocenters. The highest BCUT2D eigenvalue weighted by Gasteiger charge is 2.12. The van der Waals surface area contributed by atoms with E-state index in [-0.39, 0.29) is 11.8 Å². The van der Waals surface area contributed by atoms with Gasteiger partial charge in [0.2, 0.25) is 5.91 Å². The van der Waals surface area contributed by atoms with Crippen molar-refractivity contribution in [2.75, 3.05) is 5.32 Å². The smallest absolute Gasteiger partial charge is 0.227 e. The zero-order chi connectivity index (χ0) is 13.1.